The zero-order valence-electron chi connectivity index (χ0n) is 12.0. The van der Waals surface area contributed by atoms with Crippen LogP contribution in [0, 0.1) is 0 Å². The lowest BCUT2D eigenvalue weighted by Gasteiger charge is -2.11. The summed E-state index contributed by atoms with van der Waals surface area (Å²) < 4.78 is 5.28. The molecule has 0 saturated heterocycles. The molecule has 1 unspecified atom stereocenters. The fraction of sp³-hybridized carbons (Fsp3) is 0.235. The standard InChI is InChI=1S/C17H19NO3/c1-18-12-11-16(19)13-7-9-15(10-8-13)21-17(20)14-5-3-2-4-6-14/h2-10,16,18-19H,11-12H2,1H3. The third-order valence-electron chi connectivity index (χ3n) is 3.15. The number of carbonyl (C=O) groups is 1. The van der Waals surface area contributed by atoms with E-state index in [1.807, 2.05) is 13.1 Å². The van der Waals surface area contributed by atoms with E-state index >= 15 is 0 Å². The van der Waals surface area contributed by atoms with Gasteiger partial charge in [-0.25, -0.2) is 4.79 Å². The lowest BCUT2D eigenvalue weighted by molar-refractivity contribution is 0.0734. The van der Waals surface area contributed by atoms with Crippen molar-refractivity contribution in [2.75, 3.05) is 13.6 Å². The van der Waals surface area contributed by atoms with Crippen LogP contribution in [0.4, 0.5) is 0 Å². The Balaban J connectivity index is 1.98. The Bertz CT molecular complexity index is 566. The number of hydrogen-bond donors (Lipinski definition) is 2. The second kappa shape index (κ2) is 7.57. The van der Waals surface area contributed by atoms with E-state index in [2.05, 4.69) is 5.32 Å². The van der Waals surface area contributed by atoms with Crippen molar-refractivity contribution in [3.63, 3.8) is 0 Å². The Kier molecular flexibility index (Phi) is 5.49. The number of nitrogens with one attached hydrogen (secondary N) is 1. The SMILES string of the molecule is CNCCC(O)c1ccc(OC(=O)c2ccccc2)cc1. The van der Waals surface area contributed by atoms with Gasteiger partial charge in [-0.05, 0) is 49.8 Å². The van der Waals surface area contributed by atoms with Crippen LogP contribution in [-0.2, 0) is 0 Å². The molecule has 1 atom stereocenters. The molecule has 0 amide bonds. The second-order valence-electron chi connectivity index (χ2n) is 4.73. The molecular formula is C17H19NO3. The van der Waals surface area contributed by atoms with Gasteiger partial charge in [0.1, 0.15) is 5.75 Å². The summed E-state index contributed by atoms with van der Waals surface area (Å²) in [5.41, 5.74) is 1.32. The fourth-order valence-electron chi connectivity index (χ4n) is 1.95. The van der Waals surface area contributed by atoms with Crippen LogP contribution in [0.15, 0.2) is 54.6 Å². The molecule has 0 spiro atoms. The first-order valence-corrected chi connectivity index (χ1v) is 6.90. The summed E-state index contributed by atoms with van der Waals surface area (Å²) in [5.74, 6) is 0.0764. The Hall–Kier alpha value is -2.17. The van der Waals surface area contributed by atoms with Crippen LogP contribution in [0.2, 0.25) is 0 Å². The summed E-state index contributed by atoms with van der Waals surface area (Å²) in [6, 6.07) is 15.8. The first kappa shape index (κ1) is 15.2. The summed E-state index contributed by atoms with van der Waals surface area (Å²) in [4.78, 5) is 11.9. The molecule has 0 saturated carbocycles. The van der Waals surface area contributed by atoms with Gasteiger partial charge < -0.3 is 15.2 Å². The van der Waals surface area contributed by atoms with E-state index in [1.165, 1.54) is 0 Å². The van der Waals surface area contributed by atoms with Crippen LogP contribution in [0.3, 0.4) is 0 Å². The molecule has 0 radical (unpaired) electrons. The van der Waals surface area contributed by atoms with E-state index in [-0.39, 0.29) is 5.97 Å². The zero-order chi connectivity index (χ0) is 15.1. The molecule has 21 heavy (non-hydrogen) atoms. The summed E-state index contributed by atoms with van der Waals surface area (Å²) in [6.45, 7) is 0.742. The van der Waals surface area contributed by atoms with Gasteiger partial charge in [0.2, 0.25) is 0 Å². The Morgan fingerprint density at radius 1 is 1.14 bits per heavy atom. The Morgan fingerprint density at radius 2 is 1.81 bits per heavy atom. The van der Waals surface area contributed by atoms with Gasteiger partial charge >= 0.3 is 5.97 Å². The summed E-state index contributed by atoms with van der Waals surface area (Å²) in [6.07, 6.45) is 0.121. The number of hydrogen-bond acceptors (Lipinski definition) is 4. The number of benzene rings is 2. The summed E-state index contributed by atoms with van der Waals surface area (Å²) in [7, 11) is 1.85. The molecule has 4 heteroatoms. The van der Waals surface area contributed by atoms with Gasteiger partial charge in [-0.15, -0.1) is 0 Å². The second-order valence-corrected chi connectivity index (χ2v) is 4.73. The number of ether oxygens (including phenoxy) is 1. The molecule has 2 rings (SSSR count). The van der Waals surface area contributed by atoms with E-state index < -0.39 is 6.10 Å². The van der Waals surface area contributed by atoms with E-state index in [1.54, 1.807) is 48.5 Å². The molecule has 0 aliphatic rings. The van der Waals surface area contributed by atoms with Crippen LogP contribution >= 0.6 is 0 Å². The highest BCUT2D eigenvalue weighted by Crippen LogP contribution is 2.20. The average molecular weight is 285 g/mol. The van der Waals surface area contributed by atoms with E-state index in [0.29, 0.717) is 17.7 Å². The maximum atomic E-state index is 11.9. The van der Waals surface area contributed by atoms with E-state index in [4.69, 9.17) is 4.74 Å². The number of carbonyl (C=O) groups excluding carboxylic acids is 1. The van der Waals surface area contributed by atoms with Crippen LogP contribution in [0.1, 0.15) is 28.4 Å². The zero-order valence-corrected chi connectivity index (χ0v) is 12.0. The molecule has 0 heterocycles. The normalized spacial score (nSPS) is 11.9. The number of rotatable bonds is 6. The van der Waals surface area contributed by atoms with Gasteiger partial charge in [-0.3, -0.25) is 0 Å². The fourth-order valence-corrected chi connectivity index (χ4v) is 1.95. The van der Waals surface area contributed by atoms with Crippen LogP contribution in [-0.4, -0.2) is 24.7 Å². The molecule has 110 valence electrons. The summed E-state index contributed by atoms with van der Waals surface area (Å²) >= 11 is 0. The molecule has 0 aromatic heterocycles. The minimum Gasteiger partial charge on any atom is -0.423 e. The monoisotopic (exact) mass is 285 g/mol. The first-order valence-electron chi connectivity index (χ1n) is 6.90. The number of aliphatic hydroxyl groups is 1. The van der Waals surface area contributed by atoms with Crippen LogP contribution in [0.5, 0.6) is 5.75 Å². The predicted octanol–water partition coefficient (Wildman–Crippen LogP) is 2.55. The number of aliphatic hydroxyl groups excluding tert-OH is 1. The quantitative estimate of drug-likeness (QED) is 0.632. The van der Waals surface area contributed by atoms with Crippen molar-refractivity contribution in [2.45, 2.75) is 12.5 Å². The molecule has 2 aromatic rings. The molecular weight excluding hydrogens is 266 g/mol. The number of esters is 1. The lowest BCUT2D eigenvalue weighted by Crippen LogP contribution is -2.12. The minimum absolute atomic E-state index is 0.390. The highest BCUT2D eigenvalue weighted by Gasteiger charge is 2.10. The topological polar surface area (TPSA) is 58.6 Å². The molecule has 0 fully saturated rings. The van der Waals surface area contributed by atoms with Gasteiger partial charge in [0.25, 0.3) is 0 Å². The molecule has 2 N–H and O–H groups in total. The molecule has 2 aromatic carbocycles. The van der Waals surface area contributed by atoms with Crippen molar-refractivity contribution in [3.05, 3.63) is 65.7 Å². The lowest BCUT2D eigenvalue weighted by atomic mass is 10.1. The molecule has 0 aliphatic heterocycles. The van der Waals surface area contributed by atoms with Crippen molar-refractivity contribution in [1.29, 1.82) is 0 Å². The van der Waals surface area contributed by atoms with Gasteiger partial charge in [-0.2, -0.15) is 0 Å². The summed E-state index contributed by atoms with van der Waals surface area (Å²) in [5, 5.41) is 12.9. The minimum atomic E-state index is -0.517. The van der Waals surface area contributed by atoms with Crippen molar-refractivity contribution < 1.29 is 14.6 Å². The smallest absolute Gasteiger partial charge is 0.343 e. The third-order valence-corrected chi connectivity index (χ3v) is 3.15. The van der Waals surface area contributed by atoms with Crippen molar-refractivity contribution >= 4 is 5.97 Å². The Labute approximate surface area is 124 Å². The van der Waals surface area contributed by atoms with E-state index in [9.17, 15) is 9.90 Å². The predicted molar refractivity (Wildman–Crippen MR) is 81.3 cm³/mol. The molecule has 4 nitrogen and oxygen atoms in total. The van der Waals surface area contributed by atoms with Crippen molar-refractivity contribution in [1.82, 2.24) is 5.32 Å². The average Bonchev–Trinajstić information content (AvgIpc) is 2.54. The largest absolute Gasteiger partial charge is 0.423 e. The van der Waals surface area contributed by atoms with Gasteiger partial charge in [0.15, 0.2) is 0 Å². The van der Waals surface area contributed by atoms with Crippen molar-refractivity contribution in [2.24, 2.45) is 0 Å². The highest BCUT2D eigenvalue weighted by atomic mass is 16.5. The van der Waals surface area contributed by atoms with Crippen LogP contribution < -0.4 is 10.1 Å². The first-order chi connectivity index (χ1) is 10.2. The van der Waals surface area contributed by atoms with Gasteiger partial charge in [0, 0.05) is 0 Å². The highest BCUT2D eigenvalue weighted by molar-refractivity contribution is 5.90. The van der Waals surface area contributed by atoms with Crippen LogP contribution in [0.25, 0.3) is 0 Å². The third kappa shape index (κ3) is 4.41. The maximum absolute atomic E-state index is 11.9. The van der Waals surface area contributed by atoms with Gasteiger partial charge in [0.05, 0.1) is 11.7 Å². The maximum Gasteiger partial charge on any atom is 0.343 e. The Morgan fingerprint density at radius 3 is 2.43 bits per heavy atom. The van der Waals surface area contributed by atoms with Gasteiger partial charge in [-0.1, -0.05) is 30.3 Å². The van der Waals surface area contributed by atoms with E-state index in [0.717, 1.165) is 12.1 Å². The molecule has 0 bridgehead atoms. The molecule has 0 aliphatic carbocycles. The van der Waals surface area contributed by atoms with Crippen molar-refractivity contribution in [3.8, 4) is 5.75 Å².